The predicted molar refractivity (Wildman–Crippen MR) is 136 cm³/mol. The minimum atomic E-state index is -0.246. The monoisotopic (exact) mass is 440 g/mol. The molecule has 1 heterocycles. The molecule has 172 valence electrons. The van der Waals surface area contributed by atoms with Crippen molar-refractivity contribution in [3.8, 4) is 0 Å². The molecule has 1 saturated heterocycles. The second kappa shape index (κ2) is 10.4. The van der Waals surface area contributed by atoms with Crippen LogP contribution in [0.15, 0.2) is 84.9 Å². The molecule has 1 aliphatic heterocycles. The Morgan fingerprint density at radius 1 is 0.758 bits per heavy atom. The Balaban J connectivity index is 1.44. The largest absolute Gasteiger partial charge is 0.341 e. The maximum atomic E-state index is 13.8. The van der Waals surface area contributed by atoms with Crippen LogP contribution in [0.3, 0.4) is 0 Å². The summed E-state index contributed by atoms with van der Waals surface area (Å²) in [5.41, 5.74) is 5.01. The quantitative estimate of drug-likeness (QED) is 0.497. The highest BCUT2D eigenvalue weighted by atomic mass is 16.2. The average Bonchev–Trinajstić information content (AvgIpc) is 3.06. The highest BCUT2D eigenvalue weighted by Crippen LogP contribution is 2.28. The van der Waals surface area contributed by atoms with Crippen molar-refractivity contribution in [3.05, 3.63) is 107 Å². The molecule has 0 saturated carbocycles. The normalized spacial score (nSPS) is 15.5. The first-order chi connectivity index (χ1) is 15.9. The van der Waals surface area contributed by atoms with Crippen molar-refractivity contribution in [3.63, 3.8) is 0 Å². The summed E-state index contributed by atoms with van der Waals surface area (Å²) in [7, 11) is 0. The van der Waals surface area contributed by atoms with Gasteiger partial charge in [-0.1, -0.05) is 106 Å². The van der Waals surface area contributed by atoms with Gasteiger partial charge in [-0.3, -0.25) is 9.69 Å². The first kappa shape index (κ1) is 23.3. The molecule has 0 unspecified atom stereocenters. The zero-order chi connectivity index (χ0) is 23.3. The van der Waals surface area contributed by atoms with Crippen LogP contribution in [0.4, 0.5) is 0 Å². The van der Waals surface area contributed by atoms with E-state index in [4.69, 9.17) is 0 Å². The van der Waals surface area contributed by atoms with Crippen LogP contribution < -0.4 is 0 Å². The highest BCUT2D eigenvalue weighted by molar-refractivity contribution is 5.87. The lowest BCUT2D eigenvalue weighted by molar-refractivity contribution is -0.131. The van der Waals surface area contributed by atoms with E-state index in [9.17, 15) is 4.79 Å². The van der Waals surface area contributed by atoms with Gasteiger partial charge in [0.15, 0.2) is 0 Å². The molecule has 33 heavy (non-hydrogen) atoms. The molecule has 3 aromatic rings. The fraction of sp³-hybridized carbons (Fsp3) is 0.367. The molecule has 0 atom stereocenters. The maximum absolute atomic E-state index is 13.8. The minimum Gasteiger partial charge on any atom is -0.341 e. The van der Waals surface area contributed by atoms with Gasteiger partial charge < -0.3 is 4.90 Å². The lowest BCUT2D eigenvalue weighted by Crippen LogP contribution is -2.38. The van der Waals surface area contributed by atoms with Crippen molar-refractivity contribution in [2.24, 2.45) is 0 Å². The summed E-state index contributed by atoms with van der Waals surface area (Å²) in [6, 6.07) is 29.4. The van der Waals surface area contributed by atoms with E-state index < -0.39 is 0 Å². The van der Waals surface area contributed by atoms with Gasteiger partial charge in [0.25, 0.3) is 0 Å². The van der Waals surface area contributed by atoms with Gasteiger partial charge in [0.1, 0.15) is 0 Å². The Labute approximate surface area is 199 Å². The Kier molecular flexibility index (Phi) is 7.29. The molecule has 0 aromatic heterocycles. The second-order valence-corrected chi connectivity index (χ2v) is 10.2. The van der Waals surface area contributed by atoms with Gasteiger partial charge in [0, 0.05) is 32.7 Å². The van der Waals surface area contributed by atoms with Gasteiger partial charge in [-0.05, 0) is 34.1 Å². The van der Waals surface area contributed by atoms with Gasteiger partial charge in [-0.15, -0.1) is 0 Å². The summed E-state index contributed by atoms with van der Waals surface area (Å²) in [4.78, 5) is 18.3. The third kappa shape index (κ3) is 5.91. The van der Waals surface area contributed by atoms with Gasteiger partial charge in [0.2, 0.25) is 5.91 Å². The fourth-order valence-electron chi connectivity index (χ4n) is 4.67. The fourth-order valence-corrected chi connectivity index (χ4v) is 4.67. The second-order valence-electron chi connectivity index (χ2n) is 10.2. The number of benzene rings is 3. The van der Waals surface area contributed by atoms with Crippen molar-refractivity contribution >= 4 is 5.91 Å². The van der Waals surface area contributed by atoms with Crippen LogP contribution in [0.5, 0.6) is 0 Å². The number of amides is 1. The molecular weight excluding hydrogens is 404 g/mol. The van der Waals surface area contributed by atoms with Crippen molar-refractivity contribution < 1.29 is 4.79 Å². The molecule has 0 N–H and O–H groups in total. The van der Waals surface area contributed by atoms with E-state index in [-0.39, 0.29) is 17.2 Å². The molecule has 1 amide bonds. The van der Waals surface area contributed by atoms with E-state index >= 15 is 0 Å². The molecule has 0 aliphatic carbocycles. The number of carbonyl (C=O) groups is 1. The Bertz CT molecular complexity index is 983. The molecular formula is C30H36N2O. The van der Waals surface area contributed by atoms with E-state index in [1.54, 1.807) is 0 Å². The Hall–Kier alpha value is -2.91. The smallest absolute Gasteiger partial charge is 0.234 e. The summed E-state index contributed by atoms with van der Waals surface area (Å²) in [6.07, 6.45) is 1.00. The van der Waals surface area contributed by atoms with Crippen LogP contribution in [-0.4, -0.2) is 41.9 Å². The molecule has 0 spiro atoms. The molecule has 0 radical (unpaired) electrons. The summed E-state index contributed by atoms with van der Waals surface area (Å²) in [5.74, 6) is -0.0346. The number of nitrogens with zero attached hydrogens (tertiary/aromatic N) is 2. The third-order valence-electron chi connectivity index (χ3n) is 6.64. The lowest BCUT2D eigenvalue weighted by Gasteiger charge is -2.27. The predicted octanol–water partition coefficient (Wildman–Crippen LogP) is 5.85. The van der Waals surface area contributed by atoms with Crippen molar-refractivity contribution in [1.82, 2.24) is 9.80 Å². The number of hydrogen-bond acceptors (Lipinski definition) is 2. The van der Waals surface area contributed by atoms with Crippen molar-refractivity contribution in [1.29, 1.82) is 0 Å². The van der Waals surface area contributed by atoms with E-state index in [0.29, 0.717) is 0 Å². The molecule has 4 rings (SSSR count). The third-order valence-corrected chi connectivity index (χ3v) is 6.64. The zero-order valence-electron chi connectivity index (χ0n) is 20.2. The topological polar surface area (TPSA) is 23.6 Å². The summed E-state index contributed by atoms with van der Waals surface area (Å²) < 4.78 is 0. The Morgan fingerprint density at radius 2 is 1.33 bits per heavy atom. The highest BCUT2D eigenvalue weighted by Gasteiger charge is 2.28. The maximum Gasteiger partial charge on any atom is 0.234 e. The molecule has 3 aromatic carbocycles. The molecule has 0 bridgehead atoms. The molecule has 3 nitrogen and oxygen atoms in total. The van der Waals surface area contributed by atoms with Gasteiger partial charge in [-0.2, -0.15) is 0 Å². The van der Waals surface area contributed by atoms with E-state index in [0.717, 1.165) is 50.3 Å². The average molecular weight is 441 g/mol. The van der Waals surface area contributed by atoms with Gasteiger partial charge in [-0.25, -0.2) is 0 Å². The summed E-state index contributed by atoms with van der Waals surface area (Å²) >= 11 is 0. The van der Waals surface area contributed by atoms with Crippen LogP contribution in [-0.2, 0) is 16.8 Å². The first-order valence-corrected chi connectivity index (χ1v) is 12.1. The zero-order valence-corrected chi connectivity index (χ0v) is 20.2. The van der Waals surface area contributed by atoms with Crippen LogP contribution in [0.25, 0.3) is 0 Å². The molecule has 1 fully saturated rings. The van der Waals surface area contributed by atoms with E-state index in [1.165, 1.54) is 11.1 Å². The summed E-state index contributed by atoms with van der Waals surface area (Å²) in [6.45, 7) is 11.2. The van der Waals surface area contributed by atoms with E-state index in [1.807, 2.05) is 36.4 Å². The van der Waals surface area contributed by atoms with Crippen LogP contribution in [0, 0.1) is 0 Å². The number of carbonyl (C=O) groups excluding carboxylic acids is 1. The first-order valence-electron chi connectivity index (χ1n) is 12.1. The Morgan fingerprint density at radius 3 is 1.88 bits per heavy atom. The number of hydrogen-bond donors (Lipinski definition) is 0. The van der Waals surface area contributed by atoms with Crippen LogP contribution in [0.2, 0.25) is 0 Å². The van der Waals surface area contributed by atoms with Crippen molar-refractivity contribution in [2.75, 3.05) is 26.2 Å². The summed E-state index contributed by atoms with van der Waals surface area (Å²) in [5, 5.41) is 0. The lowest BCUT2D eigenvalue weighted by atomic mass is 9.87. The van der Waals surface area contributed by atoms with Gasteiger partial charge >= 0.3 is 0 Å². The molecule has 1 aliphatic rings. The van der Waals surface area contributed by atoms with Gasteiger partial charge in [0.05, 0.1) is 5.92 Å². The SMILES string of the molecule is CC(C)(C)c1ccc(CN2CCCN(C(=O)C(c3ccccc3)c3ccccc3)CC2)cc1. The van der Waals surface area contributed by atoms with Crippen molar-refractivity contribution in [2.45, 2.75) is 45.1 Å². The minimum absolute atomic E-state index is 0.177. The molecule has 3 heteroatoms. The standard InChI is InChI=1S/C30H36N2O/c1-30(2,3)27-17-15-24(16-18-27)23-31-19-10-20-32(22-21-31)29(33)28(25-11-6-4-7-12-25)26-13-8-5-9-14-26/h4-9,11-18,28H,10,19-23H2,1-3H3. The number of rotatable bonds is 5. The van der Waals surface area contributed by atoms with E-state index in [2.05, 4.69) is 79.1 Å². The van der Waals surface area contributed by atoms with Crippen LogP contribution >= 0.6 is 0 Å². The van der Waals surface area contributed by atoms with Crippen LogP contribution in [0.1, 0.15) is 55.4 Å².